The Morgan fingerprint density at radius 1 is 1.29 bits per heavy atom. The molecule has 0 saturated carbocycles. The Labute approximate surface area is 108 Å². The molecule has 3 nitrogen and oxygen atoms in total. The van der Waals surface area contributed by atoms with Gasteiger partial charge in [-0.15, -0.1) is 0 Å². The highest BCUT2D eigenvalue weighted by Gasteiger charge is 2.23. The van der Waals surface area contributed by atoms with Crippen molar-refractivity contribution in [3.8, 4) is 0 Å². The molecule has 0 aliphatic carbocycles. The van der Waals surface area contributed by atoms with Crippen LogP contribution >= 0.6 is 0 Å². The van der Waals surface area contributed by atoms with Crippen LogP contribution in [0.4, 0.5) is 0 Å². The molecule has 0 radical (unpaired) electrons. The number of likely N-dealkylation sites (N-methyl/N-ethyl adjacent to an activating group) is 2. The molecule has 17 heavy (non-hydrogen) atoms. The zero-order valence-corrected chi connectivity index (χ0v) is 12.4. The molecule has 102 valence electrons. The molecule has 0 spiro atoms. The highest BCUT2D eigenvalue weighted by Crippen LogP contribution is 2.19. The van der Waals surface area contributed by atoms with Gasteiger partial charge in [0.05, 0.1) is 0 Å². The van der Waals surface area contributed by atoms with Crippen molar-refractivity contribution in [2.75, 3.05) is 47.3 Å². The Morgan fingerprint density at radius 2 is 1.88 bits per heavy atom. The number of hydrogen-bond donors (Lipinski definition) is 1. The monoisotopic (exact) mass is 241 g/mol. The molecule has 1 aliphatic heterocycles. The van der Waals surface area contributed by atoms with Gasteiger partial charge >= 0.3 is 0 Å². The molecule has 1 N–H and O–H groups in total. The van der Waals surface area contributed by atoms with Crippen molar-refractivity contribution < 1.29 is 0 Å². The number of rotatable bonds is 6. The summed E-state index contributed by atoms with van der Waals surface area (Å²) < 4.78 is 0. The third-order valence-corrected chi connectivity index (χ3v) is 4.13. The molecule has 3 heteroatoms. The zero-order chi connectivity index (χ0) is 12.8. The van der Waals surface area contributed by atoms with Gasteiger partial charge in [-0.1, -0.05) is 13.8 Å². The van der Waals surface area contributed by atoms with Crippen molar-refractivity contribution in [3.63, 3.8) is 0 Å². The molecule has 0 amide bonds. The van der Waals surface area contributed by atoms with Crippen LogP contribution in [-0.2, 0) is 0 Å². The summed E-state index contributed by atoms with van der Waals surface area (Å²) in [6.07, 6.45) is 2.73. The average Bonchev–Trinajstić information content (AvgIpc) is 2.28. The van der Waals surface area contributed by atoms with Crippen LogP contribution in [0.25, 0.3) is 0 Å². The van der Waals surface area contributed by atoms with Crippen molar-refractivity contribution in [1.82, 2.24) is 15.1 Å². The van der Waals surface area contributed by atoms with Crippen LogP contribution < -0.4 is 5.32 Å². The second-order valence-corrected chi connectivity index (χ2v) is 6.06. The Morgan fingerprint density at radius 3 is 2.35 bits per heavy atom. The van der Waals surface area contributed by atoms with E-state index in [9.17, 15) is 0 Å². The van der Waals surface area contributed by atoms with Gasteiger partial charge in [-0.25, -0.2) is 0 Å². The lowest BCUT2D eigenvalue weighted by atomic mass is 9.94. The van der Waals surface area contributed by atoms with Gasteiger partial charge in [0.15, 0.2) is 0 Å². The molecule has 1 heterocycles. The maximum Gasteiger partial charge on any atom is 0.0240 e. The molecule has 1 fully saturated rings. The third kappa shape index (κ3) is 4.94. The highest BCUT2D eigenvalue weighted by atomic mass is 15.2. The molecule has 0 bridgehead atoms. The Bertz CT molecular complexity index is 198. The largest absolute Gasteiger partial charge is 0.318 e. The van der Waals surface area contributed by atoms with Gasteiger partial charge < -0.3 is 15.1 Å². The van der Waals surface area contributed by atoms with E-state index in [1.165, 1.54) is 32.5 Å². The molecule has 1 atom stereocenters. The quantitative estimate of drug-likeness (QED) is 0.760. The fourth-order valence-electron chi connectivity index (χ4n) is 2.90. The first-order valence-corrected chi connectivity index (χ1v) is 7.08. The third-order valence-electron chi connectivity index (χ3n) is 4.13. The van der Waals surface area contributed by atoms with Gasteiger partial charge in [0, 0.05) is 19.1 Å². The lowest BCUT2D eigenvalue weighted by molar-refractivity contribution is 0.128. The van der Waals surface area contributed by atoms with Crippen LogP contribution in [0, 0.1) is 11.8 Å². The van der Waals surface area contributed by atoms with Gasteiger partial charge in [-0.05, 0) is 58.9 Å². The van der Waals surface area contributed by atoms with Gasteiger partial charge in [0.25, 0.3) is 0 Å². The van der Waals surface area contributed by atoms with E-state index >= 15 is 0 Å². The molecule has 1 rings (SSSR count). The fourth-order valence-corrected chi connectivity index (χ4v) is 2.90. The smallest absolute Gasteiger partial charge is 0.0240 e. The summed E-state index contributed by atoms with van der Waals surface area (Å²) in [5, 5.41) is 3.32. The molecular weight excluding hydrogens is 210 g/mol. The van der Waals surface area contributed by atoms with E-state index < -0.39 is 0 Å². The molecule has 0 aromatic carbocycles. The minimum absolute atomic E-state index is 0.666. The Kier molecular flexibility index (Phi) is 6.45. The summed E-state index contributed by atoms with van der Waals surface area (Å²) in [4.78, 5) is 5.02. The first-order chi connectivity index (χ1) is 8.04. The van der Waals surface area contributed by atoms with Crippen LogP contribution in [0.3, 0.4) is 0 Å². The van der Waals surface area contributed by atoms with Crippen molar-refractivity contribution >= 4 is 0 Å². The predicted molar refractivity (Wildman–Crippen MR) is 75.4 cm³/mol. The molecular formula is C14H31N3. The van der Waals surface area contributed by atoms with E-state index in [1.54, 1.807) is 0 Å². The second-order valence-electron chi connectivity index (χ2n) is 6.06. The Balaban J connectivity index is 2.38. The predicted octanol–water partition coefficient (Wildman–Crippen LogP) is 1.50. The van der Waals surface area contributed by atoms with Crippen molar-refractivity contribution in [3.05, 3.63) is 0 Å². The topological polar surface area (TPSA) is 18.5 Å². The number of nitrogens with one attached hydrogen (secondary N) is 1. The summed E-state index contributed by atoms with van der Waals surface area (Å²) in [5.41, 5.74) is 0. The van der Waals surface area contributed by atoms with E-state index in [0.29, 0.717) is 6.04 Å². The van der Waals surface area contributed by atoms with Gasteiger partial charge in [0.1, 0.15) is 0 Å². The Hall–Kier alpha value is -0.120. The van der Waals surface area contributed by atoms with Crippen LogP contribution in [0.1, 0.15) is 26.7 Å². The maximum absolute atomic E-state index is 3.32. The standard InChI is InChI=1S/C14H31N3/c1-12(2)14(10-15-3)17(5)11-13-6-8-16(4)9-7-13/h12-15H,6-11H2,1-5H3. The van der Waals surface area contributed by atoms with Crippen molar-refractivity contribution in [2.45, 2.75) is 32.7 Å². The molecule has 0 aromatic rings. The van der Waals surface area contributed by atoms with E-state index in [4.69, 9.17) is 0 Å². The summed E-state index contributed by atoms with van der Waals surface area (Å²) in [6, 6.07) is 0.666. The zero-order valence-electron chi connectivity index (χ0n) is 12.4. The van der Waals surface area contributed by atoms with Gasteiger partial charge in [0.2, 0.25) is 0 Å². The van der Waals surface area contributed by atoms with Crippen LogP contribution in [0.2, 0.25) is 0 Å². The first-order valence-electron chi connectivity index (χ1n) is 7.08. The van der Waals surface area contributed by atoms with E-state index in [0.717, 1.165) is 18.4 Å². The average molecular weight is 241 g/mol. The highest BCUT2D eigenvalue weighted by molar-refractivity contribution is 4.78. The van der Waals surface area contributed by atoms with E-state index in [1.807, 2.05) is 0 Å². The molecule has 1 saturated heterocycles. The molecule has 1 aliphatic rings. The van der Waals surface area contributed by atoms with Crippen molar-refractivity contribution in [2.24, 2.45) is 11.8 Å². The van der Waals surface area contributed by atoms with Crippen LogP contribution in [0.15, 0.2) is 0 Å². The molecule has 0 aromatic heterocycles. The van der Waals surface area contributed by atoms with Crippen LogP contribution in [0.5, 0.6) is 0 Å². The summed E-state index contributed by atoms with van der Waals surface area (Å²) >= 11 is 0. The number of nitrogens with zero attached hydrogens (tertiary/aromatic N) is 2. The number of likely N-dealkylation sites (tertiary alicyclic amines) is 1. The van der Waals surface area contributed by atoms with E-state index in [2.05, 4.69) is 50.1 Å². The lowest BCUT2D eigenvalue weighted by Crippen LogP contribution is -2.46. The molecule has 1 unspecified atom stereocenters. The first kappa shape index (κ1) is 14.9. The van der Waals surface area contributed by atoms with Gasteiger partial charge in [-0.2, -0.15) is 0 Å². The summed E-state index contributed by atoms with van der Waals surface area (Å²) in [5.74, 6) is 1.62. The fraction of sp³-hybridized carbons (Fsp3) is 1.00. The SMILES string of the molecule is CNCC(C(C)C)N(C)CC1CCN(C)CC1. The number of piperidine rings is 1. The lowest BCUT2D eigenvalue weighted by Gasteiger charge is -2.36. The second kappa shape index (κ2) is 7.34. The normalized spacial score (nSPS) is 21.4. The number of hydrogen-bond acceptors (Lipinski definition) is 3. The minimum atomic E-state index is 0.666. The summed E-state index contributed by atoms with van der Waals surface area (Å²) in [6.45, 7) is 9.56. The maximum atomic E-state index is 3.32. The van der Waals surface area contributed by atoms with E-state index in [-0.39, 0.29) is 0 Å². The summed E-state index contributed by atoms with van der Waals surface area (Å²) in [7, 11) is 6.58. The van der Waals surface area contributed by atoms with Gasteiger partial charge in [-0.3, -0.25) is 0 Å². The van der Waals surface area contributed by atoms with Crippen LogP contribution in [-0.4, -0.2) is 63.2 Å². The van der Waals surface area contributed by atoms with Crippen molar-refractivity contribution in [1.29, 1.82) is 0 Å². The minimum Gasteiger partial charge on any atom is -0.318 e.